The lowest BCUT2D eigenvalue weighted by molar-refractivity contribution is -0.385. The zero-order valence-corrected chi connectivity index (χ0v) is 13.2. The average Bonchev–Trinajstić information content (AvgIpc) is 2.48. The number of hydrogen-bond acceptors (Lipinski definition) is 5. The second-order valence-electron chi connectivity index (χ2n) is 6.11. The molecule has 1 aliphatic rings. The Labute approximate surface area is 130 Å². The summed E-state index contributed by atoms with van der Waals surface area (Å²) in [5, 5.41) is 21.0. The molecule has 1 fully saturated rings. The Morgan fingerprint density at radius 2 is 2.14 bits per heavy atom. The molecule has 0 amide bonds. The molecule has 0 bridgehead atoms. The van der Waals surface area contributed by atoms with Gasteiger partial charge in [0, 0.05) is 12.6 Å². The van der Waals surface area contributed by atoms with Gasteiger partial charge in [0.25, 0.3) is 5.69 Å². The Balaban J connectivity index is 1.85. The van der Waals surface area contributed by atoms with Crippen LogP contribution in [0.25, 0.3) is 0 Å². The van der Waals surface area contributed by atoms with E-state index in [-0.39, 0.29) is 12.3 Å². The number of ether oxygens (including phenoxy) is 1. The van der Waals surface area contributed by atoms with Gasteiger partial charge in [0.15, 0.2) is 0 Å². The van der Waals surface area contributed by atoms with Crippen molar-refractivity contribution in [1.29, 1.82) is 0 Å². The zero-order chi connectivity index (χ0) is 16.1. The first-order valence-corrected chi connectivity index (χ1v) is 7.74. The number of β-amino-alcohol motifs (C(OH)–C–C–N with tert-alkyl or cyclic N) is 1. The molecule has 6 nitrogen and oxygen atoms in total. The van der Waals surface area contributed by atoms with Crippen LogP contribution in [-0.4, -0.2) is 47.3 Å². The minimum atomic E-state index is -0.591. The van der Waals surface area contributed by atoms with E-state index in [1.165, 1.54) is 6.07 Å². The summed E-state index contributed by atoms with van der Waals surface area (Å²) in [5.41, 5.74) is 0.531. The van der Waals surface area contributed by atoms with Crippen molar-refractivity contribution in [2.75, 3.05) is 26.2 Å². The minimum absolute atomic E-state index is 0.0389. The van der Waals surface area contributed by atoms with Crippen molar-refractivity contribution in [3.8, 4) is 5.75 Å². The van der Waals surface area contributed by atoms with Gasteiger partial charge in [-0.2, -0.15) is 0 Å². The summed E-state index contributed by atoms with van der Waals surface area (Å²) in [6, 6.07) is 4.74. The molecule has 1 N–H and O–H groups in total. The Bertz CT molecular complexity index is 513. The predicted octanol–water partition coefficient (Wildman–Crippen LogP) is 2.37. The van der Waals surface area contributed by atoms with Crippen LogP contribution in [0.15, 0.2) is 18.2 Å². The lowest BCUT2D eigenvalue weighted by Gasteiger charge is -2.31. The number of piperidine rings is 1. The maximum atomic E-state index is 10.9. The van der Waals surface area contributed by atoms with Crippen LogP contribution < -0.4 is 4.74 Å². The summed E-state index contributed by atoms with van der Waals surface area (Å²) in [4.78, 5) is 12.7. The lowest BCUT2D eigenvalue weighted by atomic mass is 9.99. The highest BCUT2D eigenvalue weighted by atomic mass is 16.6. The molecule has 0 radical (unpaired) electrons. The number of hydrogen-bond donors (Lipinski definition) is 1. The highest BCUT2D eigenvalue weighted by Crippen LogP contribution is 2.27. The molecular formula is C16H24N2O4. The van der Waals surface area contributed by atoms with E-state index in [0.717, 1.165) is 31.8 Å². The highest BCUT2D eigenvalue weighted by molar-refractivity contribution is 5.48. The van der Waals surface area contributed by atoms with Crippen molar-refractivity contribution in [3.63, 3.8) is 0 Å². The quantitative estimate of drug-likeness (QED) is 0.645. The van der Waals surface area contributed by atoms with Crippen LogP contribution in [-0.2, 0) is 0 Å². The van der Waals surface area contributed by atoms with E-state index in [4.69, 9.17) is 4.74 Å². The molecule has 1 aromatic rings. The lowest BCUT2D eigenvalue weighted by Crippen LogP contribution is -2.40. The van der Waals surface area contributed by atoms with Gasteiger partial charge in [-0.1, -0.05) is 13.0 Å². The smallest absolute Gasteiger partial charge is 0.276 e. The Morgan fingerprint density at radius 3 is 2.77 bits per heavy atom. The third-order valence-electron chi connectivity index (χ3n) is 4.23. The molecule has 0 aliphatic carbocycles. The number of nitro benzene ring substituents is 1. The molecule has 0 spiro atoms. The van der Waals surface area contributed by atoms with Gasteiger partial charge in [0.05, 0.1) is 10.5 Å². The van der Waals surface area contributed by atoms with E-state index < -0.39 is 11.0 Å². The van der Waals surface area contributed by atoms with Gasteiger partial charge in [0.2, 0.25) is 0 Å². The Kier molecular flexibility index (Phi) is 5.74. The predicted molar refractivity (Wildman–Crippen MR) is 84.2 cm³/mol. The molecule has 2 rings (SSSR count). The molecule has 6 heteroatoms. The molecule has 1 atom stereocenters. The fourth-order valence-electron chi connectivity index (χ4n) is 2.74. The van der Waals surface area contributed by atoms with Crippen LogP contribution in [0.5, 0.6) is 5.75 Å². The first-order valence-electron chi connectivity index (χ1n) is 7.74. The van der Waals surface area contributed by atoms with E-state index in [9.17, 15) is 15.2 Å². The molecule has 1 aliphatic heterocycles. The summed E-state index contributed by atoms with van der Waals surface area (Å²) in [6.45, 7) is 6.66. The van der Waals surface area contributed by atoms with Gasteiger partial charge in [-0.3, -0.25) is 10.1 Å². The van der Waals surface area contributed by atoms with Gasteiger partial charge >= 0.3 is 0 Å². The topological polar surface area (TPSA) is 75.8 Å². The van der Waals surface area contributed by atoms with Crippen molar-refractivity contribution in [2.24, 2.45) is 5.92 Å². The molecule has 1 heterocycles. The van der Waals surface area contributed by atoms with E-state index in [1.807, 2.05) is 0 Å². The maximum absolute atomic E-state index is 10.9. The van der Waals surface area contributed by atoms with Crippen molar-refractivity contribution in [3.05, 3.63) is 33.9 Å². The molecule has 122 valence electrons. The van der Waals surface area contributed by atoms with Gasteiger partial charge in [-0.15, -0.1) is 0 Å². The third-order valence-corrected chi connectivity index (χ3v) is 4.23. The monoisotopic (exact) mass is 308 g/mol. The molecule has 1 unspecified atom stereocenters. The maximum Gasteiger partial charge on any atom is 0.276 e. The molecule has 0 saturated carbocycles. The van der Waals surface area contributed by atoms with Crippen LogP contribution in [0, 0.1) is 23.0 Å². The van der Waals surface area contributed by atoms with Gasteiger partial charge < -0.3 is 14.7 Å². The molecule has 0 aromatic heterocycles. The van der Waals surface area contributed by atoms with Gasteiger partial charge in [-0.05, 0) is 44.8 Å². The fraction of sp³-hybridized carbons (Fsp3) is 0.625. The summed E-state index contributed by atoms with van der Waals surface area (Å²) in [7, 11) is 0. The van der Waals surface area contributed by atoms with E-state index in [1.54, 1.807) is 19.1 Å². The average molecular weight is 308 g/mol. The minimum Gasteiger partial charge on any atom is -0.490 e. The number of nitro groups is 1. The van der Waals surface area contributed by atoms with Crippen molar-refractivity contribution >= 4 is 5.69 Å². The van der Waals surface area contributed by atoms with Crippen LogP contribution >= 0.6 is 0 Å². The van der Waals surface area contributed by atoms with Gasteiger partial charge in [0.1, 0.15) is 18.5 Å². The van der Waals surface area contributed by atoms with Crippen molar-refractivity contribution < 1.29 is 14.8 Å². The number of aliphatic hydroxyl groups is 1. The summed E-state index contributed by atoms with van der Waals surface area (Å²) in [6.07, 6.45) is 1.74. The van der Waals surface area contributed by atoms with Crippen LogP contribution in [0.2, 0.25) is 0 Å². The first kappa shape index (κ1) is 16.7. The van der Waals surface area contributed by atoms with Crippen LogP contribution in [0.1, 0.15) is 25.3 Å². The second kappa shape index (κ2) is 7.56. The highest BCUT2D eigenvalue weighted by Gasteiger charge is 2.19. The second-order valence-corrected chi connectivity index (χ2v) is 6.11. The number of benzene rings is 1. The van der Waals surface area contributed by atoms with E-state index >= 15 is 0 Å². The zero-order valence-electron chi connectivity index (χ0n) is 13.2. The molecule has 1 aromatic carbocycles. The largest absolute Gasteiger partial charge is 0.490 e. The normalized spacial score (nSPS) is 18.1. The number of nitrogens with zero attached hydrogens (tertiary/aromatic N) is 2. The van der Waals surface area contributed by atoms with Crippen LogP contribution in [0.3, 0.4) is 0 Å². The molecule has 1 saturated heterocycles. The van der Waals surface area contributed by atoms with Crippen molar-refractivity contribution in [2.45, 2.75) is 32.8 Å². The van der Waals surface area contributed by atoms with Crippen molar-refractivity contribution in [1.82, 2.24) is 4.90 Å². The number of rotatable bonds is 6. The summed E-state index contributed by atoms with van der Waals surface area (Å²) >= 11 is 0. The fourth-order valence-corrected chi connectivity index (χ4v) is 2.74. The Hall–Kier alpha value is -1.66. The number of likely N-dealkylation sites (tertiary alicyclic amines) is 1. The van der Waals surface area contributed by atoms with E-state index in [2.05, 4.69) is 11.8 Å². The first-order chi connectivity index (χ1) is 10.5. The number of aliphatic hydroxyl groups excluding tert-OH is 1. The SMILES string of the molecule is Cc1c(OCC(O)CN2CCC(C)CC2)cccc1[N+](=O)[O-]. The summed E-state index contributed by atoms with van der Waals surface area (Å²) in [5.74, 6) is 1.22. The third kappa shape index (κ3) is 4.42. The standard InChI is InChI=1S/C16H24N2O4/c1-12-6-8-17(9-7-12)10-14(19)11-22-16-5-3-4-15(13(16)2)18(20)21/h3-5,12,14,19H,6-11H2,1-2H3. The molecule has 22 heavy (non-hydrogen) atoms. The molecular weight excluding hydrogens is 284 g/mol. The summed E-state index contributed by atoms with van der Waals surface area (Å²) < 4.78 is 5.57. The van der Waals surface area contributed by atoms with Crippen LogP contribution in [0.4, 0.5) is 5.69 Å². The van der Waals surface area contributed by atoms with Gasteiger partial charge in [-0.25, -0.2) is 0 Å². The van der Waals surface area contributed by atoms with E-state index in [0.29, 0.717) is 17.9 Å². The Morgan fingerprint density at radius 1 is 1.45 bits per heavy atom.